The minimum absolute atomic E-state index is 0.0743. The largest absolute Gasteiger partial charge is 0.435 e. The van der Waals surface area contributed by atoms with E-state index in [1.165, 1.54) is 12.1 Å². The van der Waals surface area contributed by atoms with Crippen molar-refractivity contribution in [2.24, 2.45) is 0 Å². The van der Waals surface area contributed by atoms with Gasteiger partial charge in [-0.1, -0.05) is 12.1 Å². The molecule has 5 nitrogen and oxygen atoms in total. The summed E-state index contributed by atoms with van der Waals surface area (Å²) in [4.78, 5) is 14.6. The minimum atomic E-state index is -2.86. The second-order valence-electron chi connectivity index (χ2n) is 6.75. The van der Waals surface area contributed by atoms with E-state index in [1.54, 1.807) is 30.1 Å². The number of nitrogens with zero attached hydrogens (tertiary/aromatic N) is 1. The van der Waals surface area contributed by atoms with Crippen LogP contribution < -0.4 is 10.1 Å². The van der Waals surface area contributed by atoms with Crippen molar-refractivity contribution in [2.75, 3.05) is 25.5 Å². The van der Waals surface area contributed by atoms with Gasteiger partial charge in [0.15, 0.2) is 0 Å². The molecule has 1 N–H and O–H groups in total. The SMILES string of the molecule is CN(CC1CCCCO1)C(=O)c1ccccc1Nc1ccc(OC(F)F)cc1. The second-order valence-corrected chi connectivity index (χ2v) is 6.75. The van der Waals surface area contributed by atoms with Gasteiger partial charge in [-0.15, -0.1) is 0 Å². The monoisotopic (exact) mass is 390 g/mol. The third kappa shape index (κ3) is 5.42. The number of carbonyl (C=O) groups excluding carboxylic acids is 1. The number of halogens is 2. The van der Waals surface area contributed by atoms with E-state index in [4.69, 9.17) is 4.74 Å². The maximum absolute atomic E-state index is 12.9. The van der Waals surface area contributed by atoms with Crippen molar-refractivity contribution in [3.05, 3.63) is 54.1 Å². The van der Waals surface area contributed by atoms with Crippen molar-refractivity contribution in [3.8, 4) is 5.75 Å². The molecule has 0 radical (unpaired) electrons. The molecule has 7 heteroatoms. The average Bonchev–Trinajstić information content (AvgIpc) is 2.70. The van der Waals surface area contributed by atoms with E-state index in [-0.39, 0.29) is 17.8 Å². The van der Waals surface area contributed by atoms with Gasteiger partial charge in [-0.25, -0.2) is 0 Å². The highest BCUT2D eigenvalue weighted by Gasteiger charge is 2.21. The van der Waals surface area contributed by atoms with Gasteiger partial charge in [0.1, 0.15) is 5.75 Å². The molecule has 0 aliphatic carbocycles. The lowest BCUT2D eigenvalue weighted by Gasteiger charge is -2.28. The number of ether oxygens (including phenoxy) is 2. The normalized spacial score (nSPS) is 16.6. The number of benzene rings is 2. The first-order chi connectivity index (χ1) is 13.5. The maximum atomic E-state index is 12.9. The number of anilines is 2. The molecular formula is C21H24F2N2O3. The van der Waals surface area contributed by atoms with Crippen molar-refractivity contribution in [1.82, 2.24) is 4.90 Å². The molecule has 1 unspecified atom stereocenters. The van der Waals surface area contributed by atoms with Crippen molar-refractivity contribution in [1.29, 1.82) is 0 Å². The Kier molecular flexibility index (Phi) is 6.81. The molecule has 1 amide bonds. The maximum Gasteiger partial charge on any atom is 0.387 e. The fourth-order valence-electron chi connectivity index (χ4n) is 3.20. The Hall–Kier alpha value is -2.67. The van der Waals surface area contributed by atoms with Gasteiger partial charge in [0.05, 0.1) is 17.4 Å². The molecule has 1 heterocycles. The summed E-state index contributed by atoms with van der Waals surface area (Å²) in [6, 6.07) is 13.4. The Morgan fingerprint density at radius 2 is 1.96 bits per heavy atom. The molecule has 28 heavy (non-hydrogen) atoms. The summed E-state index contributed by atoms with van der Waals surface area (Å²) in [6.45, 7) is -1.57. The van der Waals surface area contributed by atoms with Crippen molar-refractivity contribution in [2.45, 2.75) is 32.0 Å². The van der Waals surface area contributed by atoms with Crippen molar-refractivity contribution in [3.63, 3.8) is 0 Å². The zero-order chi connectivity index (χ0) is 19.9. The number of para-hydroxylation sites is 1. The number of rotatable bonds is 7. The van der Waals surface area contributed by atoms with Crippen molar-refractivity contribution >= 4 is 17.3 Å². The molecule has 1 atom stereocenters. The van der Waals surface area contributed by atoms with Gasteiger partial charge in [0.2, 0.25) is 0 Å². The van der Waals surface area contributed by atoms with Crippen LogP contribution in [0, 0.1) is 0 Å². The predicted molar refractivity (Wildman–Crippen MR) is 103 cm³/mol. The highest BCUT2D eigenvalue weighted by Crippen LogP contribution is 2.25. The zero-order valence-corrected chi connectivity index (χ0v) is 15.7. The van der Waals surface area contributed by atoms with Gasteiger partial charge in [-0.3, -0.25) is 4.79 Å². The van der Waals surface area contributed by atoms with E-state index < -0.39 is 6.61 Å². The van der Waals surface area contributed by atoms with Crippen LogP contribution in [0.5, 0.6) is 5.75 Å². The topological polar surface area (TPSA) is 50.8 Å². The van der Waals surface area contributed by atoms with Crippen LogP contribution in [0.15, 0.2) is 48.5 Å². The predicted octanol–water partition coefficient (Wildman–Crippen LogP) is 4.67. The molecular weight excluding hydrogens is 366 g/mol. The molecule has 1 aliphatic rings. The zero-order valence-electron chi connectivity index (χ0n) is 15.7. The average molecular weight is 390 g/mol. The first-order valence-corrected chi connectivity index (χ1v) is 9.31. The Balaban J connectivity index is 1.68. The van der Waals surface area contributed by atoms with Gasteiger partial charge in [-0.2, -0.15) is 8.78 Å². The first kappa shape index (κ1) is 20.1. The van der Waals surface area contributed by atoms with Crippen LogP contribution in [0.3, 0.4) is 0 Å². The summed E-state index contributed by atoms with van der Waals surface area (Å²) in [5, 5.41) is 3.17. The Bertz CT molecular complexity index is 777. The molecule has 2 aromatic carbocycles. The molecule has 0 bridgehead atoms. The van der Waals surface area contributed by atoms with Crippen LogP contribution in [0.4, 0.5) is 20.2 Å². The van der Waals surface area contributed by atoms with Crippen LogP contribution in [-0.2, 0) is 4.74 Å². The van der Waals surface area contributed by atoms with Gasteiger partial charge in [0, 0.05) is 25.9 Å². The Labute approximate surface area is 163 Å². The quantitative estimate of drug-likeness (QED) is 0.746. The molecule has 2 aromatic rings. The summed E-state index contributed by atoms with van der Waals surface area (Å²) in [5.41, 5.74) is 1.85. The van der Waals surface area contributed by atoms with E-state index in [9.17, 15) is 13.6 Å². The number of carbonyl (C=O) groups is 1. The number of alkyl halides is 2. The molecule has 0 aromatic heterocycles. The second kappa shape index (κ2) is 9.50. The van der Waals surface area contributed by atoms with E-state index in [0.29, 0.717) is 23.5 Å². The standard InChI is InChI=1S/C21H24F2N2O3/c1-25(14-17-6-4-5-13-27-17)20(26)18-7-2-3-8-19(18)24-15-9-11-16(12-10-15)28-21(22)23/h2-3,7-12,17,21,24H,4-6,13-14H2,1H3. The molecule has 0 saturated carbocycles. The lowest BCUT2D eigenvalue weighted by molar-refractivity contribution is -0.0498. The number of likely N-dealkylation sites (N-methyl/N-ethyl adjacent to an activating group) is 1. The number of hydrogen-bond acceptors (Lipinski definition) is 4. The van der Waals surface area contributed by atoms with Crippen LogP contribution in [-0.4, -0.2) is 43.7 Å². The van der Waals surface area contributed by atoms with Crippen LogP contribution in [0.1, 0.15) is 29.6 Å². The first-order valence-electron chi connectivity index (χ1n) is 9.31. The van der Waals surface area contributed by atoms with Gasteiger partial charge in [-0.05, 0) is 55.7 Å². The van der Waals surface area contributed by atoms with E-state index in [1.807, 2.05) is 18.2 Å². The molecule has 1 fully saturated rings. The van der Waals surface area contributed by atoms with Gasteiger partial charge >= 0.3 is 6.61 Å². The molecule has 1 saturated heterocycles. The number of nitrogens with one attached hydrogen (secondary N) is 1. The van der Waals surface area contributed by atoms with E-state index in [0.717, 1.165) is 25.9 Å². The smallest absolute Gasteiger partial charge is 0.387 e. The molecule has 0 spiro atoms. The minimum Gasteiger partial charge on any atom is -0.435 e. The fraction of sp³-hybridized carbons (Fsp3) is 0.381. The number of hydrogen-bond donors (Lipinski definition) is 1. The third-order valence-electron chi connectivity index (χ3n) is 4.61. The summed E-state index contributed by atoms with van der Waals surface area (Å²) in [5.74, 6) is -0.0212. The van der Waals surface area contributed by atoms with Gasteiger partial charge < -0.3 is 19.7 Å². The van der Waals surface area contributed by atoms with Crippen LogP contribution >= 0.6 is 0 Å². The Morgan fingerprint density at radius 1 is 1.21 bits per heavy atom. The highest BCUT2D eigenvalue weighted by molar-refractivity contribution is 6.00. The van der Waals surface area contributed by atoms with Gasteiger partial charge in [0.25, 0.3) is 5.91 Å². The third-order valence-corrected chi connectivity index (χ3v) is 4.61. The fourth-order valence-corrected chi connectivity index (χ4v) is 3.20. The summed E-state index contributed by atoms with van der Waals surface area (Å²) in [7, 11) is 1.77. The molecule has 150 valence electrons. The van der Waals surface area contributed by atoms with Crippen LogP contribution in [0.2, 0.25) is 0 Å². The lowest BCUT2D eigenvalue weighted by atomic mass is 10.1. The number of amides is 1. The highest BCUT2D eigenvalue weighted by atomic mass is 19.3. The van der Waals surface area contributed by atoms with Crippen LogP contribution in [0.25, 0.3) is 0 Å². The molecule has 3 rings (SSSR count). The van der Waals surface area contributed by atoms with E-state index >= 15 is 0 Å². The lowest BCUT2D eigenvalue weighted by Crippen LogP contribution is -2.37. The van der Waals surface area contributed by atoms with E-state index in [2.05, 4.69) is 10.1 Å². The summed E-state index contributed by atoms with van der Waals surface area (Å²) < 4.78 is 34.6. The molecule has 1 aliphatic heterocycles. The van der Waals surface area contributed by atoms with Crippen molar-refractivity contribution < 1.29 is 23.0 Å². The summed E-state index contributed by atoms with van der Waals surface area (Å²) >= 11 is 0. The summed E-state index contributed by atoms with van der Waals surface area (Å²) in [6.07, 6.45) is 3.23. The Morgan fingerprint density at radius 3 is 2.64 bits per heavy atom.